The topological polar surface area (TPSA) is 28.7 Å². The average Bonchev–Trinajstić information content (AvgIpc) is 2.75. The highest BCUT2D eigenvalue weighted by Crippen LogP contribution is 2.19. The first kappa shape index (κ1) is 12.0. The Hall–Kier alpha value is -2.09. The van der Waals surface area contributed by atoms with Crippen molar-refractivity contribution in [2.75, 3.05) is 0 Å². The number of aryl methyl sites for hydroxylation is 3. The second-order valence-corrected chi connectivity index (χ2v) is 5.32. The third kappa shape index (κ3) is 2.39. The number of nitrogens with one attached hydrogen (secondary N) is 1. The van der Waals surface area contributed by atoms with Crippen molar-refractivity contribution in [3.63, 3.8) is 0 Å². The Balaban J connectivity index is 1.97. The maximum atomic E-state index is 4.72. The van der Waals surface area contributed by atoms with E-state index in [0.29, 0.717) is 0 Å². The van der Waals surface area contributed by atoms with Gasteiger partial charge < -0.3 is 4.98 Å². The fraction of sp³-hybridized carbons (Fsp3) is 0.235. The van der Waals surface area contributed by atoms with Crippen molar-refractivity contribution in [2.45, 2.75) is 27.2 Å². The smallest absolute Gasteiger partial charge is 0.111 e. The van der Waals surface area contributed by atoms with Crippen molar-refractivity contribution in [1.82, 2.24) is 9.97 Å². The van der Waals surface area contributed by atoms with Gasteiger partial charge in [0.2, 0.25) is 0 Å². The van der Waals surface area contributed by atoms with Crippen molar-refractivity contribution >= 4 is 11.0 Å². The van der Waals surface area contributed by atoms with Crippen LogP contribution < -0.4 is 0 Å². The molecule has 1 N–H and O–H groups in total. The second-order valence-electron chi connectivity index (χ2n) is 5.32. The largest absolute Gasteiger partial charge is 0.342 e. The van der Waals surface area contributed by atoms with E-state index in [1.807, 2.05) is 0 Å². The molecule has 0 unspecified atom stereocenters. The standard InChI is InChI=1S/C17H18N2/c1-11-4-6-14(7-5-11)10-16-18-15-9-12(2)8-13(3)17(15)19-16/h4-9H,10H2,1-3H3,(H,18,19). The number of H-pyrrole nitrogens is 1. The summed E-state index contributed by atoms with van der Waals surface area (Å²) in [6, 6.07) is 13.0. The third-order valence-electron chi connectivity index (χ3n) is 3.46. The van der Waals surface area contributed by atoms with Crippen LogP contribution in [-0.2, 0) is 6.42 Å². The van der Waals surface area contributed by atoms with Crippen molar-refractivity contribution in [1.29, 1.82) is 0 Å². The minimum absolute atomic E-state index is 0.855. The van der Waals surface area contributed by atoms with Crippen LogP contribution in [-0.4, -0.2) is 9.97 Å². The van der Waals surface area contributed by atoms with Crippen molar-refractivity contribution in [2.24, 2.45) is 0 Å². The molecule has 0 aliphatic rings. The summed E-state index contributed by atoms with van der Waals surface area (Å²) >= 11 is 0. The van der Waals surface area contributed by atoms with Crippen LogP contribution >= 0.6 is 0 Å². The highest BCUT2D eigenvalue weighted by Gasteiger charge is 2.06. The van der Waals surface area contributed by atoms with Gasteiger partial charge in [-0.2, -0.15) is 0 Å². The van der Waals surface area contributed by atoms with Crippen LogP contribution in [0.2, 0.25) is 0 Å². The lowest BCUT2D eigenvalue weighted by Gasteiger charge is -1.98. The molecule has 2 aromatic carbocycles. The van der Waals surface area contributed by atoms with Crippen LogP contribution in [0.4, 0.5) is 0 Å². The van der Waals surface area contributed by atoms with E-state index < -0.39 is 0 Å². The molecule has 96 valence electrons. The first-order valence-corrected chi connectivity index (χ1v) is 6.63. The molecule has 0 bridgehead atoms. The number of hydrogen-bond donors (Lipinski definition) is 1. The Morgan fingerprint density at radius 2 is 1.68 bits per heavy atom. The first-order valence-electron chi connectivity index (χ1n) is 6.63. The van der Waals surface area contributed by atoms with Gasteiger partial charge in [0.25, 0.3) is 0 Å². The van der Waals surface area contributed by atoms with E-state index in [9.17, 15) is 0 Å². The van der Waals surface area contributed by atoms with Gasteiger partial charge in [0.05, 0.1) is 11.0 Å². The molecule has 0 aliphatic carbocycles. The number of aromatic nitrogens is 2. The summed E-state index contributed by atoms with van der Waals surface area (Å²) in [6.07, 6.45) is 0.855. The quantitative estimate of drug-likeness (QED) is 0.729. The molecule has 3 aromatic rings. The highest BCUT2D eigenvalue weighted by molar-refractivity contribution is 5.79. The molecule has 2 nitrogen and oxygen atoms in total. The minimum atomic E-state index is 0.855. The number of imidazole rings is 1. The predicted octanol–water partition coefficient (Wildman–Crippen LogP) is 4.08. The van der Waals surface area contributed by atoms with Gasteiger partial charge in [0.15, 0.2) is 0 Å². The van der Waals surface area contributed by atoms with Gasteiger partial charge >= 0.3 is 0 Å². The maximum Gasteiger partial charge on any atom is 0.111 e. The average molecular weight is 250 g/mol. The van der Waals surface area contributed by atoms with Crippen LogP contribution in [0.15, 0.2) is 36.4 Å². The summed E-state index contributed by atoms with van der Waals surface area (Å²) in [5.74, 6) is 1.03. The van der Waals surface area contributed by atoms with E-state index >= 15 is 0 Å². The molecule has 0 amide bonds. The number of aromatic amines is 1. The van der Waals surface area contributed by atoms with Crippen LogP contribution in [0, 0.1) is 20.8 Å². The normalized spacial score (nSPS) is 11.1. The zero-order chi connectivity index (χ0) is 13.4. The third-order valence-corrected chi connectivity index (χ3v) is 3.46. The first-order chi connectivity index (χ1) is 9.11. The molecular formula is C17H18N2. The van der Waals surface area contributed by atoms with Gasteiger partial charge in [0.1, 0.15) is 5.82 Å². The summed E-state index contributed by atoms with van der Waals surface area (Å²) in [4.78, 5) is 8.14. The molecule has 1 heterocycles. The molecule has 19 heavy (non-hydrogen) atoms. The summed E-state index contributed by atoms with van der Waals surface area (Å²) in [5, 5.41) is 0. The fourth-order valence-corrected chi connectivity index (χ4v) is 2.51. The second kappa shape index (κ2) is 4.54. The summed E-state index contributed by atoms with van der Waals surface area (Å²) < 4.78 is 0. The van der Waals surface area contributed by atoms with E-state index in [2.05, 4.69) is 62.2 Å². The Morgan fingerprint density at radius 1 is 0.947 bits per heavy atom. The van der Waals surface area contributed by atoms with Crippen LogP contribution in [0.3, 0.4) is 0 Å². The summed E-state index contributed by atoms with van der Waals surface area (Å²) in [5.41, 5.74) is 7.32. The Morgan fingerprint density at radius 3 is 2.42 bits per heavy atom. The van der Waals surface area contributed by atoms with Crippen molar-refractivity contribution in [3.05, 3.63) is 64.5 Å². The Labute approximate surface area is 113 Å². The lowest BCUT2D eigenvalue weighted by molar-refractivity contribution is 1.04. The van der Waals surface area contributed by atoms with Crippen LogP contribution in [0.25, 0.3) is 11.0 Å². The molecule has 0 spiro atoms. The Kier molecular flexibility index (Phi) is 2.86. The SMILES string of the molecule is Cc1ccc(Cc2nc3c(C)cc(C)cc3[nH]2)cc1. The van der Waals surface area contributed by atoms with E-state index in [0.717, 1.165) is 23.3 Å². The fourth-order valence-electron chi connectivity index (χ4n) is 2.51. The molecule has 0 aliphatic heterocycles. The zero-order valence-corrected chi connectivity index (χ0v) is 11.6. The molecule has 0 saturated carbocycles. The number of nitrogens with zero attached hydrogens (tertiary/aromatic N) is 1. The van der Waals surface area contributed by atoms with Crippen molar-refractivity contribution in [3.8, 4) is 0 Å². The minimum Gasteiger partial charge on any atom is -0.342 e. The molecule has 0 radical (unpaired) electrons. The van der Waals surface area contributed by atoms with Crippen LogP contribution in [0.1, 0.15) is 28.1 Å². The van der Waals surface area contributed by atoms with Gasteiger partial charge in [-0.15, -0.1) is 0 Å². The zero-order valence-electron chi connectivity index (χ0n) is 11.6. The number of benzene rings is 2. The van der Waals surface area contributed by atoms with E-state index in [1.54, 1.807) is 0 Å². The number of hydrogen-bond acceptors (Lipinski definition) is 1. The van der Waals surface area contributed by atoms with E-state index in [1.165, 1.54) is 22.3 Å². The molecule has 0 saturated heterocycles. The molecule has 2 heteroatoms. The van der Waals surface area contributed by atoms with Crippen LogP contribution in [0.5, 0.6) is 0 Å². The Bertz CT molecular complexity index is 721. The molecular weight excluding hydrogens is 232 g/mol. The van der Waals surface area contributed by atoms with Gasteiger partial charge in [-0.25, -0.2) is 4.98 Å². The predicted molar refractivity (Wildman–Crippen MR) is 79.6 cm³/mol. The van der Waals surface area contributed by atoms with Gasteiger partial charge in [-0.05, 0) is 43.5 Å². The summed E-state index contributed by atoms with van der Waals surface area (Å²) in [6.45, 7) is 6.34. The monoisotopic (exact) mass is 250 g/mol. The van der Waals surface area contributed by atoms with Gasteiger partial charge in [-0.1, -0.05) is 35.9 Å². The van der Waals surface area contributed by atoms with Crippen molar-refractivity contribution < 1.29 is 0 Å². The molecule has 3 rings (SSSR count). The van der Waals surface area contributed by atoms with E-state index in [-0.39, 0.29) is 0 Å². The van der Waals surface area contributed by atoms with E-state index in [4.69, 9.17) is 4.98 Å². The molecule has 0 atom stereocenters. The highest BCUT2D eigenvalue weighted by atomic mass is 14.9. The molecule has 1 aromatic heterocycles. The lowest BCUT2D eigenvalue weighted by Crippen LogP contribution is -1.90. The van der Waals surface area contributed by atoms with Gasteiger partial charge in [0, 0.05) is 6.42 Å². The summed E-state index contributed by atoms with van der Waals surface area (Å²) in [7, 11) is 0. The lowest BCUT2D eigenvalue weighted by atomic mass is 10.1. The number of rotatable bonds is 2. The van der Waals surface area contributed by atoms with Gasteiger partial charge in [-0.3, -0.25) is 0 Å². The number of fused-ring (bicyclic) bond motifs is 1. The maximum absolute atomic E-state index is 4.72. The molecule has 0 fully saturated rings.